The van der Waals surface area contributed by atoms with E-state index >= 15 is 0 Å². The van der Waals surface area contributed by atoms with Gasteiger partial charge in [0.05, 0.1) is 17.5 Å². The zero-order valence-electron chi connectivity index (χ0n) is 17.6. The Kier molecular flexibility index (Phi) is 4.44. The van der Waals surface area contributed by atoms with Gasteiger partial charge in [-0.05, 0) is 84.5 Å². The average molecular weight is 491 g/mol. The largest absolute Gasteiger partial charge is 0.322 e. The normalized spacial score (nSPS) is 31.5. The van der Waals surface area contributed by atoms with Gasteiger partial charge in [-0.3, -0.25) is 19.3 Å². The molecule has 6 atom stereocenters. The molecule has 2 aromatic rings. The van der Waals surface area contributed by atoms with E-state index in [0.29, 0.717) is 23.1 Å². The molecule has 0 unspecified atom stereocenters. The van der Waals surface area contributed by atoms with Crippen LogP contribution in [0.2, 0.25) is 0 Å². The molecule has 2 aromatic carbocycles. The van der Waals surface area contributed by atoms with E-state index in [1.807, 2.05) is 25.1 Å². The van der Waals surface area contributed by atoms with Crippen molar-refractivity contribution in [1.82, 2.24) is 0 Å². The molecule has 0 radical (unpaired) electrons. The van der Waals surface area contributed by atoms with Crippen LogP contribution in [-0.2, 0) is 16.0 Å². The van der Waals surface area contributed by atoms with E-state index in [1.54, 1.807) is 24.3 Å². The molecule has 4 aliphatic carbocycles. The first kappa shape index (κ1) is 19.9. The molecule has 0 spiro atoms. The molecule has 3 amide bonds. The molecule has 2 saturated carbocycles. The van der Waals surface area contributed by atoms with Gasteiger partial charge in [0.2, 0.25) is 11.8 Å². The van der Waals surface area contributed by atoms with Gasteiger partial charge >= 0.3 is 0 Å². The van der Waals surface area contributed by atoms with Crippen molar-refractivity contribution in [3.05, 3.63) is 70.2 Å². The van der Waals surface area contributed by atoms with Crippen LogP contribution in [-0.4, -0.2) is 17.7 Å². The van der Waals surface area contributed by atoms with E-state index in [0.717, 1.165) is 28.6 Å². The zero-order chi connectivity index (χ0) is 22.1. The molecule has 5 nitrogen and oxygen atoms in total. The predicted molar refractivity (Wildman–Crippen MR) is 125 cm³/mol. The number of benzene rings is 2. The molecule has 32 heavy (non-hydrogen) atoms. The van der Waals surface area contributed by atoms with Crippen molar-refractivity contribution in [2.75, 3.05) is 10.2 Å². The van der Waals surface area contributed by atoms with Crippen LogP contribution in [0, 0.1) is 35.5 Å². The maximum atomic E-state index is 13.3. The lowest BCUT2D eigenvalue weighted by Crippen LogP contribution is -2.40. The Balaban J connectivity index is 1.22. The molecular weight excluding hydrogens is 468 g/mol. The second-order valence-electron chi connectivity index (χ2n) is 9.32. The standard InChI is InChI=1S/C26H23BrN2O3/c1-2-13-11-15(27)5-10-21(13)28-24(30)14-3-6-16(7-4-14)29-25(31)22-17-8-9-18(20-12-19(17)20)23(22)26(29)32/h3-11,17-20,22-23H,2,12H2,1H3,(H,28,30)/t17-,18-,19-,20-,22-,23+/m0/s1. The Morgan fingerprint density at radius 3 is 2.22 bits per heavy atom. The molecule has 5 aliphatic rings. The minimum absolute atomic E-state index is 0.0793. The highest BCUT2D eigenvalue weighted by Crippen LogP contribution is 2.65. The monoisotopic (exact) mass is 490 g/mol. The smallest absolute Gasteiger partial charge is 0.255 e. The Bertz CT molecular complexity index is 1150. The summed E-state index contributed by atoms with van der Waals surface area (Å²) in [5.74, 6) is 0.780. The van der Waals surface area contributed by atoms with Gasteiger partial charge in [-0.2, -0.15) is 0 Å². The topological polar surface area (TPSA) is 66.5 Å². The van der Waals surface area contributed by atoms with Crippen LogP contribution in [0.15, 0.2) is 59.1 Å². The number of nitrogens with one attached hydrogen (secondary N) is 1. The van der Waals surface area contributed by atoms with Gasteiger partial charge in [0, 0.05) is 15.7 Å². The van der Waals surface area contributed by atoms with E-state index in [1.165, 1.54) is 4.90 Å². The number of hydrogen-bond donors (Lipinski definition) is 1. The summed E-state index contributed by atoms with van der Waals surface area (Å²) in [6, 6.07) is 12.6. The first-order valence-electron chi connectivity index (χ1n) is 11.2. The number of carbonyl (C=O) groups is 3. The Labute approximate surface area is 195 Å². The second-order valence-corrected chi connectivity index (χ2v) is 10.2. The predicted octanol–water partition coefficient (Wildman–Crippen LogP) is 4.82. The number of anilines is 2. The van der Waals surface area contributed by atoms with Crippen molar-refractivity contribution in [1.29, 1.82) is 0 Å². The number of allylic oxidation sites excluding steroid dienone is 2. The maximum Gasteiger partial charge on any atom is 0.255 e. The Morgan fingerprint density at radius 1 is 1.00 bits per heavy atom. The molecular formula is C26H23BrN2O3. The highest BCUT2D eigenvalue weighted by molar-refractivity contribution is 9.10. The molecule has 6 heteroatoms. The molecule has 1 saturated heterocycles. The summed E-state index contributed by atoms with van der Waals surface area (Å²) < 4.78 is 0.971. The third-order valence-corrected chi connectivity index (χ3v) is 8.24. The van der Waals surface area contributed by atoms with Crippen LogP contribution in [0.1, 0.15) is 29.3 Å². The summed E-state index contributed by atoms with van der Waals surface area (Å²) in [5.41, 5.74) is 2.86. The average Bonchev–Trinajstić information content (AvgIpc) is 3.58. The quantitative estimate of drug-likeness (QED) is 0.493. The number of halogens is 1. The van der Waals surface area contributed by atoms with Crippen molar-refractivity contribution in [3.8, 4) is 0 Å². The van der Waals surface area contributed by atoms with Crippen LogP contribution < -0.4 is 10.2 Å². The number of hydrogen-bond acceptors (Lipinski definition) is 3. The number of aryl methyl sites for hydroxylation is 1. The van der Waals surface area contributed by atoms with Crippen molar-refractivity contribution in [3.63, 3.8) is 0 Å². The molecule has 1 heterocycles. The third-order valence-electron chi connectivity index (χ3n) is 7.75. The van der Waals surface area contributed by atoms with Gasteiger partial charge in [-0.15, -0.1) is 0 Å². The highest BCUT2D eigenvalue weighted by atomic mass is 79.9. The Hall–Kier alpha value is -2.73. The number of imide groups is 1. The van der Waals surface area contributed by atoms with Crippen LogP contribution in [0.5, 0.6) is 0 Å². The molecule has 162 valence electrons. The van der Waals surface area contributed by atoms with E-state index < -0.39 is 0 Å². The molecule has 2 bridgehead atoms. The summed E-state index contributed by atoms with van der Waals surface area (Å²) in [6.07, 6.45) is 6.30. The molecule has 0 aromatic heterocycles. The van der Waals surface area contributed by atoms with Crippen molar-refractivity contribution in [2.24, 2.45) is 35.5 Å². The summed E-state index contributed by atoms with van der Waals surface area (Å²) in [4.78, 5) is 40.7. The lowest BCUT2D eigenvalue weighted by molar-refractivity contribution is -0.124. The third kappa shape index (κ3) is 2.85. The minimum Gasteiger partial charge on any atom is -0.322 e. The van der Waals surface area contributed by atoms with Crippen molar-refractivity contribution < 1.29 is 14.4 Å². The van der Waals surface area contributed by atoms with Crippen molar-refractivity contribution >= 4 is 45.0 Å². The van der Waals surface area contributed by atoms with Crippen LogP contribution in [0.3, 0.4) is 0 Å². The van der Waals surface area contributed by atoms with E-state index in [9.17, 15) is 14.4 Å². The van der Waals surface area contributed by atoms with E-state index in [-0.39, 0.29) is 41.4 Å². The fraction of sp³-hybridized carbons (Fsp3) is 0.346. The van der Waals surface area contributed by atoms with Gasteiger partial charge in [0.1, 0.15) is 0 Å². The summed E-state index contributed by atoms with van der Waals surface area (Å²) >= 11 is 3.46. The minimum atomic E-state index is -0.219. The number of amides is 3. The lowest BCUT2D eigenvalue weighted by atomic mass is 9.63. The van der Waals surface area contributed by atoms with Gasteiger partial charge in [0.25, 0.3) is 5.91 Å². The molecule has 1 N–H and O–H groups in total. The number of carbonyl (C=O) groups excluding carboxylic acids is 3. The maximum absolute atomic E-state index is 13.3. The number of rotatable bonds is 4. The van der Waals surface area contributed by atoms with Crippen molar-refractivity contribution in [2.45, 2.75) is 19.8 Å². The summed E-state index contributed by atoms with van der Waals surface area (Å²) in [7, 11) is 0. The van der Waals surface area contributed by atoms with E-state index in [2.05, 4.69) is 33.4 Å². The SMILES string of the molecule is CCc1cc(Br)ccc1NC(=O)c1ccc(N2C(=O)[C@@H]3[C@H]4C=C[C@@H]([C@@H]5C[C@@H]45)[C@@H]3C2=O)cc1. The zero-order valence-corrected chi connectivity index (χ0v) is 19.2. The fourth-order valence-corrected chi connectivity index (χ4v) is 6.55. The van der Waals surface area contributed by atoms with Gasteiger partial charge in [-0.25, -0.2) is 0 Å². The van der Waals surface area contributed by atoms with Crippen LogP contribution in [0.4, 0.5) is 11.4 Å². The molecule has 3 fully saturated rings. The van der Waals surface area contributed by atoms with Gasteiger partial charge in [0.15, 0.2) is 0 Å². The van der Waals surface area contributed by atoms with Gasteiger partial charge < -0.3 is 5.32 Å². The lowest BCUT2D eigenvalue weighted by Gasteiger charge is -2.37. The molecule has 1 aliphatic heterocycles. The Morgan fingerprint density at radius 2 is 1.62 bits per heavy atom. The second kappa shape index (κ2) is 7.14. The van der Waals surface area contributed by atoms with E-state index in [4.69, 9.17) is 0 Å². The summed E-state index contributed by atoms with van der Waals surface area (Å²) in [5, 5.41) is 2.97. The first-order chi connectivity index (χ1) is 15.5. The highest BCUT2D eigenvalue weighted by Gasteiger charge is 2.67. The van der Waals surface area contributed by atoms with Crippen LogP contribution >= 0.6 is 15.9 Å². The number of nitrogens with zero attached hydrogens (tertiary/aromatic N) is 1. The molecule has 7 rings (SSSR count). The van der Waals surface area contributed by atoms with Gasteiger partial charge in [-0.1, -0.05) is 35.0 Å². The first-order valence-corrected chi connectivity index (χ1v) is 12.0. The van der Waals surface area contributed by atoms with Crippen LogP contribution in [0.25, 0.3) is 0 Å². The fourth-order valence-electron chi connectivity index (χ4n) is 6.14. The summed E-state index contributed by atoms with van der Waals surface area (Å²) in [6.45, 7) is 2.04.